The fraction of sp³-hybridized carbons (Fsp3) is 1.00. The van der Waals surface area contributed by atoms with Gasteiger partial charge in [-0.3, -0.25) is 0 Å². The van der Waals surface area contributed by atoms with Gasteiger partial charge in [-0.2, -0.15) is 12.6 Å². The first-order chi connectivity index (χ1) is 10.8. The minimum Gasteiger partial charge on any atom is -0.176 e. The van der Waals surface area contributed by atoms with E-state index in [-0.39, 0.29) is 0 Å². The van der Waals surface area contributed by atoms with E-state index in [4.69, 9.17) is 12.6 Å². The van der Waals surface area contributed by atoms with Crippen molar-refractivity contribution in [2.45, 2.75) is 129 Å². The van der Waals surface area contributed by atoms with E-state index in [0.29, 0.717) is 5.25 Å². The number of unbranched alkanes of at least 4 members (excludes halogenated alkanes) is 12. The first-order valence-corrected chi connectivity index (χ1v) is 11.0. The highest BCUT2D eigenvalue weighted by Gasteiger charge is 2.13. The zero-order valence-corrected chi connectivity index (χ0v) is 16.8. The van der Waals surface area contributed by atoms with Crippen molar-refractivity contribution in [3.63, 3.8) is 0 Å². The average molecular weight is 329 g/mol. The van der Waals surface area contributed by atoms with Gasteiger partial charge in [0, 0.05) is 5.25 Å². The molecule has 0 aromatic heterocycles. The lowest BCUT2D eigenvalue weighted by molar-refractivity contribution is 0.440. The van der Waals surface area contributed by atoms with Gasteiger partial charge in [0.05, 0.1) is 0 Å². The molecule has 1 atom stereocenters. The van der Waals surface area contributed by atoms with Gasteiger partial charge in [0.1, 0.15) is 0 Å². The normalized spacial score (nSPS) is 13.0. The van der Waals surface area contributed by atoms with Crippen molar-refractivity contribution < 1.29 is 0 Å². The van der Waals surface area contributed by atoms with Crippen LogP contribution in [0.3, 0.4) is 0 Å². The Morgan fingerprint density at radius 2 is 0.909 bits per heavy atom. The molecule has 22 heavy (non-hydrogen) atoms. The summed E-state index contributed by atoms with van der Waals surface area (Å²) in [7, 11) is 0. The maximum Gasteiger partial charge on any atom is 0.00448 e. The van der Waals surface area contributed by atoms with Crippen LogP contribution in [-0.2, 0) is 0 Å². The van der Waals surface area contributed by atoms with Gasteiger partial charge in [0.15, 0.2) is 0 Å². The van der Waals surface area contributed by atoms with Gasteiger partial charge in [-0.05, 0) is 12.3 Å². The minimum absolute atomic E-state index is 0.641. The van der Waals surface area contributed by atoms with Gasteiger partial charge in [-0.1, -0.05) is 117 Å². The number of hydrogen-bond acceptors (Lipinski definition) is 1. The molecule has 0 spiro atoms. The van der Waals surface area contributed by atoms with E-state index < -0.39 is 0 Å². The van der Waals surface area contributed by atoms with Crippen LogP contribution in [0.15, 0.2) is 0 Å². The van der Waals surface area contributed by atoms with Crippen LogP contribution in [0.25, 0.3) is 0 Å². The van der Waals surface area contributed by atoms with Gasteiger partial charge in [0.25, 0.3) is 0 Å². The third kappa shape index (κ3) is 14.0. The second-order valence-corrected chi connectivity index (χ2v) is 7.84. The van der Waals surface area contributed by atoms with E-state index in [1.807, 2.05) is 0 Å². The van der Waals surface area contributed by atoms with E-state index in [1.54, 1.807) is 0 Å². The summed E-state index contributed by atoms with van der Waals surface area (Å²) in [6.45, 7) is 6.91. The molecule has 0 aliphatic rings. The maximum atomic E-state index is 4.80. The molecule has 0 rings (SSSR count). The summed E-state index contributed by atoms with van der Waals surface area (Å²) in [6, 6.07) is 0. The van der Waals surface area contributed by atoms with Crippen molar-refractivity contribution in [2.24, 2.45) is 5.92 Å². The minimum atomic E-state index is 0.641. The summed E-state index contributed by atoms with van der Waals surface area (Å²) in [5, 5.41) is 0.641. The Bertz CT molecular complexity index is 198. The summed E-state index contributed by atoms with van der Waals surface area (Å²) >= 11 is 4.80. The van der Waals surface area contributed by atoms with Crippen molar-refractivity contribution in [2.75, 3.05) is 0 Å². The van der Waals surface area contributed by atoms with Crippen molar-refractivity contribution in [3.05, 3.63) is 0 Å². The lowest BCUT2D eigenvalue weighted by atomic mass is 9.95. The zero-order valence-electron chi connectivity index (χ0n) is 15.9. The molecule has 0 aromatic rings. The smallest absolute Gasteiger partial charge is 0.00448 e. The quantitative estimate of drug-likeness (QED) is 0.202. The Labute approximate surface area is 147 Å². The molecule has 0 saturated heterocycles. The highest BCUT2D eigenvalue weighted by atomic mass is 32.1. The number of rotatable bonds is 17. The van der Waals surface area contributed by atoms with E-state index >= 15 is 0 Å². The molecular formula is C21H44S. The van der Waals surface area contributed by atoms with Crippen LogP contribution in [0.4, 0.5) is 0 Å². The summed E-state index contributed by atoms with van der Waals surface area (Å²) in [6.07, 6.45) is 22.7. The standard InChI is InChI=1S/C21H44S/c1-4-7-8-9-10-11-12-13-14-15-16-17-18-19-21(22)20(5-2)6-3/h20-22H,4-19H2,1-3H3. The predicted molar refractivity (Wildman–Crippen MR) is 107 cm³/mol. The average Bonchev–Trinajstić information content (AvgIpc) is 2.53. The molecule has 0 N–H and O–H groups in total. The predicted octanol–water partition coefficient (Wildman–Crippen LogP) is 8.20. The van der Waals surface area contributed by atoms with E-state index in [0.717, 1.165) is 5.92 Å². The monoisotopic (exact) mass is 328 g/mol. The van der Waals surface area contributed by atoms with E-state index in [9.17, 15) is 0 Å². The van der Waals surface area contributed by atoms with Gasteiger partial charge < -0.3 is 0 Å². The fourth-order valence-corrected chi connectivity index (χ4v) is 4.04. The third-order valence-electron chi connectivity index (χ3n) is 5.20. The first kappa shape index (κ1) is 22.4. The third-order valence-corrected chi connectivity index (χ3v) is 5.88. The second-order valence-electron chi connectivity index (χ2n) is 7.18. The first-order valence-electron chi connectivity index (χ1n) is 10.4. The Hall–Kier alpha value is 0.350. The van der Waals surface area contributed by atoms with Crippen molar-refractivity contribution in [1.82, 2.24) is 0 Å². The van der Waals surface area contributed by atoms with Crippen LogP contribution >= 0.6 is 12.6 Å². The number of hydrogen-bond donors (Lipinski definition) is 1. The topological polar surface area (TPSA) is 0 Å². The molecule has 0 heterocycles. The molecule has 1 unspecified atom stereocenters. The Morgan fingerprint density at radius 1 is 0.545 bits per heavy atom. The lowest BCUT2D eigenvalue weighted by Crippen LogP contribution is -2.13. The Kier molecular flexibility index (Phi) is 18.0. The van der Waals surface area contributed by atoms with Crippen molar-refractivity contribution >= 4 is 12.6 Å². The van der Waals surface area contributed by atoms with Crippen molar-refractivity contribution in [1.29, 1.82) is 0 Å². The second kappa shape index (κ2) is 17.7. The summed E-state index contributed by atoms with van der Waals surface area (Å²) in [5.41, 5.74) is 0. The zero-order chi connectivity index (χ0) is 16.5. The summed E-state index contributed by atoms with van der Waals surface area (Å²) in [5.74, 6) is 0.834. The lowest BCUT2D eigenvalue weighted by Gasteiger charge is -2.20. The molecule has 0 aliphatic carbocycles. The highest BCUT2D eigenvalue weighted by molar-refractivity contribution is 7.81. The van der Waals surface area contributed by atoms with Gasteiger partial charge in [0.2, 0.25) is 0 Å². The Morgan fingerprint density at radius 3 is 1.27 bits per heavy atom. The van der Waals surface area contributed by atoms with E-state index in [2.05, 4.69) is 20.8 Å². The molecule has 0 fully saturated rings. The molecule has 0 aliphatic heterocycles. The highest BCUT2D eigenvalue weighted by Crippen LogP contribution is 2.23. The van der Waals surface area contributed by atoms with Crippen LogP contribution in [0.5, 0.6) is 0 Å². The van der Waals surface area contributed by atoms with Gasteiger partial charge in [-0.15, -0.1) is 0 Å². The SMILES string of the molecule is CCCCCCCCCCCCCCCC(S)C(CC)CC. The maximum absolute atomic E-state index is 4.80. The molecule has 1 heteroatoms. The number of thiol groups is 1. The van der Waals surface area contributed by atoms with Crippen molar-refractivity contribution in [3.8, 4) is 0 Å². The molecule has 0 bridgehead atoms. The largest absolute Gasteiger partial charge is 0.176 e. The van der Waals surface area contributed by atoms with Crippen LogP contribution in [0.2, 0.25) is 0 Å². The molecule has 0 aromatic carbocycles. The molecule has 0 saturated carbocycles. The molecule has 0 radical (unpaired) electrons. The Balaban J connectivity index is 3.17. The summed E-state index contributed by atoms with van der Waals surface area (Å²) in [4.78, 5) is 0. The van der Waals surface area contributed by atoms with Gasteiger partial charge in [-0.25, -0.2) is 0 Å². The molecule has 0 nitrogen and oxygen atoms in total. The van der Waals surface area contributed by atoms with E-state index in [1.165, 1.54) is 103 Å². The molecule has 134 valence electrons. The van der Waals surface area contributed by atoms with Crippen LogP contribution in [0, 0.1) is 5.92 Å². The molecular weight excluding hydrogens is 284 g/mol. The van der Waals surface area contributed by atoms with Crippen LogP contribution < -0.4 is 0 Å². The van der Waals surface area contributed by atoms with Gasteiger partial charge >= 0.3 is 0 Å². The fourth-order valence-electron chi connectivity index (χ4n) is 3.44. The van der Waals surface area contributed by atoms with Crippen LogP contribution in [0.1, 0.15) is 124 Å². The summed E-state index contributed by atoms with van der Waals surface area (Å²) < 4.78 is 0. The van der Waals surface area contributed by atoms with Crippen LogP contribution in [-0.4, -0.2) is 5.25 Å². The molecule has 0 amide bonds.